The van der Waals surface area contributed by atoms with Gasteiger partial charge in [0.15, 0.2) is 0 Å². The van der Waals surface area contributed by atoms with Crippen molar-refractivity contribution in [2.45, 2.75) is 46.1 Å². The molecule has 1 saturated heterocycles. The summed E-state index contributed by atoms with van der Waals surface area (Å²) in [5.74, 6) is 2.11. The van der Waals surface area contributed by atoms with E-state index in [0.29, 0.717) is 6.61 Å². The van der Waals surface area contributed by atoms with E-state index in [4.69, 9.17) is 9.73 Å². The van der Waals surface area contributed by atoms with Crippen molar-refractivity contribution < 1.29 is 4.74 Å². The smallest absolute Gasteiger partial charge is 0.135 e. The van der Waals surface area contributed by atoms with Gasteiger partial charge in [-0.1, -0.05) is 45.7 Å². The van der Waals surface area contributed by atoms with Gasteiger partial charge in [0.05, 0.1) is 11.6 Å². The standard InChI is InChI=1S/C17H25N3O.C2H6/c1-2-3-6-14-13-21-16-8-5-4-7-15(16)17(19-14)20-11-9-18-10-12-20;1-2/h4-5,7-8,14,18H,2-3,6,9-13H2,1H3;1-2H3. The number of unbranched alkanes of at least 4 members (excludes halogenated alkanes) is 1. The summed E-state index contributed by atoms with van der Waals surface area (Å²) in [7, 11) is 0. The zero-order chi connectivity index (χ0) is 16.5. The van der Waals surface area contributed by atoms with Gasteiger partial charge in [-0.2, -0.15) is 0 Å². The first kappa shape index (κ1) is 17.8. The predicted octanol–water partition coefficient (Wildman–Crippen LogP) is 3.32. The molecule has 0 saturated carbocycles. The Labute approximate surface area is 140 Å². The number of para-hydroxylation sites is 1. The average Bonchev–Trinajstić information content (AvgIpc) is 2.82. The third-order valence-electron chi connectivity index (χ3n) is 4.17. The maximum atomic E-state index is 6.02. The number of piperazine rings is 1. The van der Waals surface area contributed by atoms with Gasteiger partial charge < -0.3 is 15.0 Å². The molecule has 1 atom stereocenters. The maximum Gasteiger partial charge on any atom is 0.135 e. The van der Waals surface area contributed by atoms with Gasteiger partial charge in [0.25, 0.3) is 0 Å². The molecule has 2 aliphatic heterocycles. The van der Waals surface area contributed by atoms with E-state index >= 15 is 0 Å². The summed E-state index contributed by atoms with van der Waals surface area (Å²) >= 11 is 0. The number of nitrogens with zero attached hydrogens (tertiary/aromatic N) is 2. The first-order valence-corrected chi connectivity index (χ1v) is 9.14. The number of benzene rings is 1. The van der Waals surface area contributed by atoms with E-state index in [1.165, 1.54) is 12.8 Å². The third kappa shape index (κ3) is 4.71. The lowest BCUT2D eigenvalue weighted by Gasteiger charge is -2.31. The van der Waals surface area contributed by atoms with Crippen molar-refractivity contribution in [3.05, 3.63) is 29.8 Å². The highest BCUT2D eigenvalue weighted by molar-refractivity contribution is 6.01. The molecule has 0 spiro atoms. The molecule has 2 aliphatic rings. The van der Waals surface area contributed by atoms with E-state index in [0.717, 1.165) is 49.7 Å². The van der Waals surface area contributed by atoms with E-state index in [1.807, 2.05) is 19.9 Å². The Hall–Kier alpha value is -1.55. The Morgan fingerprint density at radius 2 is 1.96 bits per heavy atom. The van der Waals surface area contributed by atoms with Gasteiger partial charge in [-0.15, -0.1) is 0 Å². The number of aliphatic imine (C=N–C) groups is 1. The van der Waals surface area contributed by atoms with Crippen molar-refractivity contribution in [3.63, 3.8) is 0 Å². The molecule has 1 fully saturated rings. The summed E-state index contributed by atoms with van der Waals surface area (Å²) in [5.41, 5.74) is 1.15. The van der Waals surface area contributed by atoms with Crippen molar-refractivity contribution in [2.24, 2.45) is 4.99 Å². The van der Waals surface area contributed by atoms with Crippen LogP contribution in [0.3, 0.4) is 0 Å². The van der Waals surface area contributed by atoms with Crippen LogP contribution in [-0.2, 0) is 0 Å². The Balaban J connectivity index is 0.000000924. The Bertz CT molecular complexity index is 495. The van der Waals surface area contributed by atoms with Gasteiger partial charge in [0.2, 0.25) is 0 Å². The van der Waals surface area contributed by atoms with E-state index in [-0.39, 0.29) is 6.04 Å². The summed E-state index contributed by atoms with van der Waals surface area (Å²) < 4.78 is 6.02. The lowest BCUT2D eigenvalue weighted by atomic mass is 10.1. The average molecular weight is 317 g/mol. The Kier molecular flexibility index (Phi) is 7.40. The van der Waals surface area contributed by atoms with Crippen LogP contribution >= 0.6 is 0 Å². The van der Waals surface area contributed by atoms with Gasteiger partial charge in [-0.25, -0.2) is 0 Å². The monoisotopic (exact) mass is 317 g/mol. The normalized spacial score (nSPS) is 20.4. The van der Waals surface area contributed by atoms with Gasteiger partial charge >= 0.3 is 0 Å². The summed E-state index contributed by atoms with van der Waals surface area (Å²) in [5, 5.41) is 3.41. The minimum Gasteiger partial charge on any atom is -0.491 e. The lowest BCUT2D eigenvalue weighted by Crippen LogP contribution is -2.47. The topological polar surface area (TPSA) is 36.9 Å². The number of hydrogen-bond acceptors (Lipinski definition) is 4. The molecule has 4 heteroatoms. The quantitative estimate of drug-likeness (QED) is 0.929. The predicted molar refractivity (Wildman–Crippen MR) is 97.6 cm³/mol. The first-order chi connectivity index (χ1) is 11.4. The number of fused-ring (bicyclic) bond motifs is 1. The molecule has 0 aromatic heterocycles. The van der Waals surface area contributed by atoms with Gasteiger partial charge in [0, 0.05) is 26.2 Å². The fraction of sp³-hybridized carbons (Fsp3) is 0.632. The molecule has 1 N–H and O–H groups in total. The number of rotatable bonds is 3. The Morgan fingerprint density at radius 1 is 1.22 bits per heavy atom. The van der Waals surface area contributed by atoms with Crippen LogP contribution in [-0.4, -0.2) is 49.6 Å². The molecule has 3 rings (SSSR count). The van der Waals surface area contributed by atoms with Crippen LogP contribution in [0.4, 0.5) is 0 Å². The van der Waals surface area contributed by atoms with Crippen LogP contribution in [0.5, 0.6) is 5.75 Å². The molecule has 1 unspecified atom stereocenters. The molecule has 4 nitrogen and oxygen atoms in total. The van der Waals surface area contributed by atoms with Crippen LogP contribution in [0, 0.1) is 0 Å². The molecule has 128 valence electrons. The van der Waals surface area contributed by atoms with Crippen LogP contribution in [0.25, 0.3) is 0 Å². The third-order valence-corrected chi connectivity index (χ3v) is 4.17. The molecule has 0 radical (unpaired) electrons. The number of ether oxygens (including phenoxy) is 1. The van der Waals surface area contributed by atoms with Gasteiger partial charge in [-0.05, 0) is 18.6 Å². The van der Waals surface area contributed by atoms with E-state index < -0.39 is 0 Å². The van der Waals surface area contributed by atoms with Gasteiger partial charge in [-0.3, -0.25) is 4.99 Å². The van der Waals surface area contributed by atoms with Crippen molar-refractivity contribution in [2.75, 3.05) is 32.8 Å². The maximum absolute atomic E-state index is 6.02. The molecule has 2 heterocycles. The van der Waals surface area contributed by atoms with Crippen molar-refractivity contribution in [3.8, 4) is 5.75 Å². The zero-order valence-electron chi connectivity index (χ0n) is 14.8. The molecule has 23 heavy (non-hydrogen) atoms. The number of nitrogens with one attached hydrogen (secondary N) is 1. The highest BCUT2D eigenvalue weighted by Crippen LogP contribution is 2.25. The Morgan fingerprint density at radius 3 is 2.70 bits per heavy atom. The van der Waals surface area contributed by atoms with E-state index in [9.17, 15) is 0 Å². The van der Waals surface area contributed by atoms with Gasteiger partial charge in [0.1, 0.15) is 18.2 Å². The summed E-state index contributed by atoms with van der Waals surface area (Å²) in [4.78, 5) is 7.47. The zero-order valence-corrected chi connectivity index (χ0v) is 14.8. The second-order valence-corrected chi connectivity index (χ2v) is 5.79. The fourth-order valence-electron chi connectivity index (χ4n) is 2.96. The minimum absolute atomic E-state index is 0.280. The first-order valence-electron chi connectivity index (χ1n) is 9.14. The molecule has 1 aromatic carbocycles. The van der Waals surface area contributed by atoms with Crippen LogP contribution < -0.4 is 10.1 Å². The molecule has 1 aromatic rings. The van der Waals surface area contributed by atoms with Crippen molar-refractivity contribution >= 4 is 5.84 Å². The summed E-state index contributed by atoms with van der Waals surface area (Å²) in [6, 6.07) is 8.60. The highest BCUT2D eigenvalue weighted by Gasteiger charge is 2.24. The molecule has 0 bridgehead atoms. The molecule has 0 aliphatic carbocycles. The SMILES string of the molecule is CC.CCCCC1COc2ccccc2C(N2CCNCC2)=N1. The van der Waals surface area contributed by atoms with Crippen molar-refractivity contribution in [1.29, 1.82) is 0 Å². The molecule has 0 amide bonds. The summed E-state index contributed by atoms with van der Waals surface area (Å²) in [6.07, 6.45) is 3.53. The molecular weight excluding hydrogens is 286 g/mol. The number of hydrogen-bond donors (Lipinski definition) is 1. The second-order valence-electron chi connectivity index (χ2n) is 5.79. The largest absolute Gasteiger partial charge is 0.491 e. The molecular formula is C19H31N3O. The highest BCUT2D eigenvalue weighted by atomic mass is 16.5. The number of amidine groups is 1. The van der Waals surface area contributed by atoms with Crippen molar-refractivity contribution in [1.82, 2.24) is 10.2 Å². The summed E-state index contributed by atoms with van der Waals surface area (Å²) in [6.45, 7) is 11.0. The fourth-order valence-corrected chi connectivity index (χ4v) is 2.96. The van der Waals surface area contributed by atoms with Crippen LogP contribution in [0.1, 0.15) is 45.6 Å². The van der Waals surface area contributed by atoms with E-state index in [1.54, 1.807) is 0 Å². The second kappa shape index (κ2) is 9.56. The van der Waals surface area contributed by atoms with E-state index in [2.05, 4.69) is 35.3 Å². The lowest BCUT2D eigenvalue weighted by molar-refractivity contribution is 0.284. The van der Waals surface area contributed by atoms with Crippen LogP contribution in [0.2, 0.25) is 0 Å². The van der Waals surface area contributed by atoms with Crippen LogP contribution in [0.15, 0.2) is 29.3 Å². The minimum atomic E-state index is 0.280.